The van der Waals surface area contributed by atoms with Crippen LogP contribution in [0.3, 0.4) is 0 Å². The van der Waals surface area contributed by atoms with Crippen molar-refractivity contribution >= 4 is 26.9 Å². The van der Waals surface area contributed by atoms with E-state index in [1.807, 2.05) is 0 Å². The Bertz CT molecular complexity index is 447. The second-order valence-corrected chi connectivity index (χ2v) is 8.11. The zero-order chi connectivity index (χ0) is 16.2. The largest absolute Gasteiger partial charge is 0.357 e. The summed E-state index contributed by atoms with van der Waals surface area (Å²) < 4.78 is 22.2. The Morgan fingerprint density at radius 2 is 1.55 bits per heavy atom. The number of nitrogens with two attached hydrogens (primary N) is 2. The van der Waals surface area contributed by atoms with Crippen molar-refractivity contribution in [1.82, 2.24) is 5.32 Å². The van der Waals surface area contributed by atoms with Gasteiger partial charge in [0.15, 0.2) is 5.78 Å². The van der Waals surface area contributed by atoms with Gasteiger partial charge in [-0.2, -0.15) is 0 Å². The van der Waals surface area contributed by atoms with Crippen LogP contribution in [0.15, 0.2) is 0 Å². The average molecular weight is 333 g/mol. The zero-order valence-corrected chi connectivity index (χ0v) is 12.1. The van der Waals surface area contributed by atoms with Crippen molar-refractivity contribution in [2.24, 2.45) is 11.5 Å². The van der Waals surface area contributed by atoms with E-state index in [2.05, 4.69) is 5.32 Å². The number of hydrogen-bond acceptors (Lipinski definition) is 6. The quantitative estimate of drug-likeness (QED) is 0.229. The van der Waals surface area contributed by atoms with Gasteiger partial charge in [-0.1, -0.05) is 0 Å². The Morgan fingerprint density at radius 1 is 1.10 bits per heavy atom. The van der Waals surface area contributed by atoms with Crippen molar-refractivity contribution in [2.45, 2.75) is 17.9 Å². The van der Waals surface area contributed by atoms with Crippen molar-refractivity contribution in [2.75, 3.05) is 13.1 Å². The maximum Gasteiger partial charge on any atom is 0.357 e. The lowest BCUT2D eigenvalue weighted by atomic mass is 10.2. The van der Waals surface area contributed by atoms with Gasteiger partial charge in [0.2, 0.25) is 10.9 Å². The van der Waals surface area contributed by atoms with Crippen LogP contribution in [0.1, 0.15) is 12.8 Å². The molecule has 0 heterocycles. The third-order valence-corrected chi connectivity index (χ3v) is 6.48. The topological polar surface area (TPSA) is 213 Å². The molecule has 11 nitrogen and oxygen atoms in total. The molecule has 118 valence electrons. The van der Waals surface area contributed by atoms with E-state index in [9.17, 15) is 18.7 Å². The molecule has 0 aliphatic carbocycles. The van der Waals surface area contributed by atoms with E-state index >= 15 is 0 Å². The highest BCUT2D eigenvalue weighted by molar-refractivity contribution is 7.72. The molecular formula is C7H17N3O8P2. The molecule has 0 spiro atoms. The number of carbonyl (C=O) groups excluding carboxylic acids is 2. The van der Waals surface area contributed by atoms with Crippen molar-refractivity contribution < 1.29 is 38.3 Å². The Morgan fingerprint density at radius 3 is 1.90 bits per heavy atom. The van der Waals surface area contributed by atoms with Crippen LogP contribution in [0.4, 0.5) is 0 Å². The molecular weight excluding hydrogens is 316 g/mol. The summed E-state index contributed by atoms with van der Waals surface area (Å²) in [6.45, 7) is -0.826. The molecule has 0 atom stereocenters. The summed E-state index contributed by atoms with van der Waals surface area (Å²) in [4.78, 5) is 57.9. The van der Waals surface area contributed by atoms with Crippen LogP contribution >= 0.6 is 15.2 Å². The molecule has 13 heteroatoms. The first-order chi connectivity index (χ1) is 8.85. The first-order valence-corrected chi connectivity index (χ1v) is 8.46. The lowest BCUT2D eigenvalue weighted by molar-refractivity contribution is -0.124. The summed E-state index contributed by atoms with van der Waals surface area (Å²) in [5, 5.41) is -1.03. The van der Waals surface area contributed by atoms with E-state index in [0.717, 1.165) is 0 Å². The minimum Gasteiger partial charge on any atom is -0.348 e. The normalized spacial score (nSPS) is 13.1. The third-order valence-electron chi connectivity index (χ3n) is 2.45. The predicted octanol–water partition coefficient (Wildman–Crippen LogP) is -2.62. The molecule has 0 fully saturated rings. The Labute approximate surface area is 114 Å². The van der Waals surface area contributed by atoms with Crippen molar-refractivity contribution in [1.29, 1.82) is 0 Å². The monoisotopic (exact) mass is 333 g/mol. The molecule has 0 saturated heterocycles. The van der Waals surface area contributed by atoms with Crippen molar-refractivity contribution in [3.8, 4) is 0 Å². The number of carbonyl (C=O) groups is 2. The van der Waals surface area contributed by atoms with E-state index in [1.54, 1.807) is 0 Å². The summed E-state index contributed by atoms with van der Waals surface area (Å²) in [7, 11) is -10.7. The third kappa shape index (κ3) is 5.04. The van der Waals surface area contributed by atoms with Gasteiger partial charge in [0.25, 0.3) is 0 Å². The Balaban J connectivity index is 4.75. The van der Waals surface area contributed by atoms with Crippen molar-refractivity contribution in [3.63, 3.8) is 0 Å². The highest BCUT2D eigenvalue weighted by atomic mass is 31.2. The molecule has 0 bridgehead atoms. The van der Waals surface area contributed by atoms with E-state index < -0.39 is 51.3 Å². The molecule has 20 heavy (non-hydrogen) atoms. The molecule has 0 aliphatic rings. The van der Waals surface area contributed by atoms with Gasteiger partial charge in [0, 0.05) is 6.42 Å². The maximum atomic E-state index is 11.3. The molecule has 0 aromatic heterocycles. The van der Waals surface area contributed by atoms with Crippen LogP contribution in [-0.2, 0) is 18.7 Å². The highest BCUT2D eigenvalue weighted by Gasteiger charge is 2.57. The van der Waals surface area contributed by atoms with Crippen molar-refractivity contribution in [3.05, 3.63) is 0 Å². The fourth-order valence-electron chi connectivity index (χ4n) is 1.14. The minimum absolute atomic E-state index is 0.348. The number of Topliss-reactive ketones (excluding diaryl/α,β-unsaturated/α-hetero) is 1. The molecule has 1 amide bonds. The number of amides is 1. The average Bonchev–Trinajstić information content (AvgIpc) is 2.29. The molecule has 0 aromatic rings. The van der Waals surface area contributed by atoms with Crippen LogP contribution in [0.25, 0.3) is 0 Å². The summed E-state index contributed by atoms with van der Waals surface area (Å²) in [5.41, 5.74) is 10.1. The van der Waals surface area contributed by atoms with E-state index in [4.69, 9.17) is 31.0 Å². The fourth-order valence-corrected chi connectivity index (χ4v) is 3.31. The summed E-state index contributed by atoms with van der Waals surface area (Å²) >= 11 is 0. The Kier molecular flexibility index (Phi) is 6.66. The van der Waals surface area contributed by atoms with Gasteiger partial charge in [-0.3, -0.25) is 18.7 Å². The highest BCUT2D eigenvalue weighted by Crippen LogP contribution is 2.67. The predicted molar refractivity (Wildman–Crippen MR) is 67.3 cm³/mol. The van der Waals surface area contributed by atoms with Gasteiger partial charge in [-0.15, -0.1) is 0 Å². The first kappa shape index (κ1) is 19.4. The fraction of sp³-hybridized carbons (Fsp3) is 0.714. The number of rotatable bonds is 8. The van der Waals surface area contributed by atoms with Crippen LogP contribution < -0.4 is 16.8 Å². The van der Waals surface area contributed by atoms with Gasteiger partial charge < -0.3 is 36.4 Å². The Hall–Kier alpha value is -0.640. The second kappa shape index (κ2) is 6.88. The summed E-state index contributed by atoms with van der Waals surface area (Å²) in [5.74, 6) is -1.33. The van der Waals surface area contributed by atoms with Gasteiger partial charge in [0.05, 0.1) is 13.1 Å². The van der Waals surface area contributed by atoms with E-state index in [0.29, 0.717) is 0 Å². The second-order valence-electron chi connectivity index (χ2n) is 3.99. The maximum absolute atomic E-state index is 11.3. The first-order valence-electron chi connectivity index (χ1n) is 5.24. The molecule has 9 N–H and O–H groups in total. The molecule has 0 aromatic carbocycles. The van der Waals surface area contributed by atoms with Gasteiger partial charge >= 0.3 is 15.2 Å². The summed E-state index contributed by atoms with van der Waals surface area (Å²) in [6.07, 6.45) is -1.56. The molecule has 0 unspecified atom stereocenters. The van der Waals surface area contributed by atoms with Crippen LogP contribution in [0, 0.1) is 0 Å². The number of ketones is 1. The van der Waals surface area contributed by atoms with Gasteiger partial charge in [-0.25, -0.2) is 0 Å². The van der Waals surface area contributed by atoms with E-state index in [1.165, 1.54) is 0 Å². The molecule has 0 rings (SSSR count). The lowest BCUT2D eigenvalue weighted by Gasteiger charge is -2.30. The lowest BCUT2D eigenvalue weighted by Crippen LogP contribution is -2.40. The molecule has 0 radical (unpaired) electrons. The van der Waals surface area contributed by atoms with Crippen LogP contribution in [0.5, 0.6) is 0 Å². The van der Waals surface area contributed by atoms with Gasteiger partial charge in [0.1, 0.15) is 0 Å². The molecule has 0 aliphatic heterocycles. The van der Waals surface area contributed by atoms with Gasteiger partial charge in [-0.05, 0) is 6.42 Å². The standard InChI is InChI=1S/C7H17N3O8P2/c8-3-6(12)10-4-5(11)1-2-7(9,19(13,14)15)20(16,17)18/h1-4,8-9H2,(H,10,12)(H2,13,14,15)(H2,16,17,18). The van der Waals surface area contributed by atoms with Crippen LogP contribution in [-0.4, -0.2) is 49.4 Å². The number of nitrogens with one attached hydrogen (secondary N) is 1. The minimum atomic E-state index is -5.35. The van der Waals surface area contributed by atoms with E-state index in [-0.39, 0.29) is 6.54 Å². The smallest absolute Gasteiger partial charge is 0.348 e. The SMILES string of the molecule is NCC(=O)NCC(=O)CCC(N)(P(=O)(O)O)P(=O)(O)O. The van der Waals surface area contributed by atoms with Crippen LogP contribution in [0.2, 0.25) is 0 Å². The molecule has 0 saturated carbocycles. The number of hydrogen-bond donors (Lipinski definition) is 7. The zero-order valence-electron chi connectivity index (χ0n) is 10.3. The summed E-state index contributed by atoms with van der Waals surface area (Å²) in [6, 6.07) is 0.